The summed E-state index contributed by atoms with van der Waals surface area (Å²) >= 11 is 0. The molecular weight excluding hydrogens is 302 g/mol. The average Bonchev–Trinajstić information content (AvgIpc) is 3.18. The maximum absolute atomic E-state index is 12.5. The summed E-state index contributed by atoms with van der Waals surface area (Å²) in [6.07, 6.45) is 3.55. The summed E-state index contributed by atoms with van der Waals surface area (Å²) < 4.78 is 2.01. The Labute approximate surface area is 142 Å². The topological polar surface area (TPSA) is 63.1 Å². The van der Waals surface area contributed by atoms with Gasteiger partial charge in [-0.15, -0.1) is 10.2 Å². The third kappa shape index (κ3) is 3.82. The number of aryl methyl sites for hydroxylation is 2. The Bertz CT molecular complexity index is 684. The van der Waals surface area contributed by atoms with Gasteiger partial charge in [0.15, 0.2) is 5.82 Å². The first-order valence-electron chi connectivity index (χ1n) is 8.44. The van der Waals surface area contributed by atoms with Crippen molar-refractivity contribution in [3.8, 4) is 0 Å². The summed E-state index contributed by atoms with van der Waals surface area (Å²) in [6.45, 7) is 5.04. The van der Waals surface area contributed by atoms with E-state index in [2.05, 4.69) is 39.6 Å². The van der Waals surface area contributed by atoms with Crippen molar-refractivity contribution in [3.63, 3.8) is 0 Å². The Hall–Kier alpha value is -2.21. The lowest BCUT2D eigenvalue weighted by Crippen LogP contribution is -2.40. The van der Waals surface area contributed by atoms with Gasteiger partial charge >= 0.3 is 0 Å². The van der Waals surface area contributed by atoms with Crippen LogP contribution in [-0.4, -0.2) is 45.7 Å². The van der Waals surface area contributed by atoms with Crippen molar-refractivity contribution in [2.24, 2.45) is 5.41 Å². The monoisotopic (exact) mass is 327 g/mol. The van der Waals surface area contributed by atoms with E-state index in [0.717, 1.165) is 38.3 Å². The first-order chi connectivity index (χ1) is 11.6. The van der Waals surface area contributed by atoms with E-state index >= 15 is 0 Å². The molecule has 1 saturated heterocycles. The van der Waals surface area contributed by atoms with Gasteiger partial charge in [-0.25, -0.2) is 0 Å². The molecule has 1 aromatic heterocycles. The molecule has 6 heteroatoms. The molecule has 1 amide bonds. The van der Waals surface area contributed by atoms with Crippen LogP contribution in [0.4, 0.5) is 0 Å². The summed E-state index contributed by atoms with van der Waals surface area (Å²) in [7, 11) is 2.05. The molecule has 1 unspecified atom stereocenters. The van der Waals surface area contributed by atoms with Crippen molar-refractivity contribution >= 4 is 5.91 Å². The molecular formula is C18H25N5O. The van der Waals surface area contributed by atoms with Gasteiger partial charge in [-0.05, 0) is 38.9 Å². The van der Waals surface area contributed by atoms with Gasteiger partial charge in [-0.3, -0.25) is 4.79 Å². The number of carbonyl (C=O) groups is 1. The Kier molecular flexibility index (Phi) is 4.94. The van der Waals surface area contributed by atoms with Gasteiger partial charge in [-0.2, -0.15) is 0 Å². The summed E-state index contributed by atoms with van der Waals surface area (Å²) in [5, 5.41) is 11.2. The van der Waals surface area contributed by atoms with E-state index < -0.39 is 0 Å². The molecule has 0 spiro atoms. The standard InChI is InChI=1S/C18H25N5O/c1-18(9-11-22(2)13-18)17(24)19-12-16-21-20-14-23(16)10-8-15-6-4-3-5-7-15/h3-7,14H,8-13H2,1-2H3,(H,19,24). The number of benzene rings is 1. The molecule has 1 aliphatic rings. The minimum absolute atomic E-state index is 0.101. The van der Waals surface area contributed by atoms with Crippen LogP contribution in [0.15, 0.2) is 36.7 Å². The van der Waals surface area contributed by atoms with Crippen molar-refractivity contribution in [3.05, 3.63) is 48.0 Å². The Morgan fingerprint density at radius 1 is 1.33 bits per heavy atom. The van der Waals surface area contributed by atoms with E-state index in [1.165, 1.54) is 5.56 Å². The van der Waals surface area contributed by atoms with Gasteiger partial charge in [0.05, 0.1) is 12.0 Å². The molecule has 0 saturated carbocycles. The Morgan fingerprint density at radius 3 is 2.83 bits per heavy atom. The summed E-state index contributed by atoms with van der Waals surface area (Å²) in [5.41, 5.74) is 0.978. The fraction of sp³-hybridized carbons (Fsp3) is 0.500. The highest BCUT2D eigenvalue weighted by Crippen LogP contribution is 2.29. The minimum atomic E-state index is -0.302. The van der Waals surface area contributed by atoms with Crippen molar-refractivity contribution < 1.29 is 4.79 Å². The zero-order valence-electron chi connectivity index (χ0n) is 14.4. The van der Waals surface area contributed by atoms with Crippen LogP contribution in [0.5, 0.6) is 0 Å². The van der Waals surface area contributed by atoms with Crippen LogP contribution in [-0.2, 0) is 24.3 Å². The van der Waals surface area contributed by atoms with E-state index in [-0.39, 0.29) is 11.3 Å². The normalized spacial score (nSPS) is 21.1. The largest absolute Gasteiger partial charge is 0.348 e. The zero-order valence-corrected chi connectivity index (χ0v) is 14.4. The van der Waals surface area contributed by atoms with Gasteiger partial charge in [0.1, 0.15) is 6.33 Å². The summed E-state index contributed by atoms with van der Waals surface area (Å²) in [6, 6.07) is 10.3. The molecule has 1 fully saturated rings. The number of likely N-dealkylation sites (tertiary alicyclic amines) is 1. The number of rotatable bonds is 6. The average molecular weight is 327 g/mol. The smallest absolute Gasteiger partial charge is 0.227 e. The highest BCUT2D eigenvalue weighted by Gasteiger charge is 2.38. The number of nitrogens with zero attached hydrogens (tertiary/aromatic N) is 4. The molecule has 1 N–H and O–H groups in total. The number of hydrogen-bond acceptors (Lipinski definition) is 4. The Balaban J connectivity index is 1.55. The van der Waals surface area contributed by atoms with Crippen LogP contribution in [0, 0.1) is 5.41 Å². The number of hydrogen-bond donors (Lipinski definition) is 1. The quantitative estimate of drug-likeness (QED) is 0.873. The van der Waals surface area contributed by atoms with Crippen LogP contribution in [0.3, 0.4) is 0 Å². The van der Waals surface area contributed by atoms with Crippen molar-refractivity contribution in [1.82, 2.24) is 25.0 Å². The lowest BCUT2D eigenvalue weighted by Gasteiger charge is -2.22. The SMILES string of the molecule is CN1CCC(C)(C(=O)NCc2nncn2CCc2ccccc2)C1. The van der Waals surface area contributed by atoms with E-state index in [0.29, 0.717) is 6.54 Å². The van der Waals surface area contributed by atoms with Gasteiger partial charge in [0.2, 0.25) is 5.91 Å². The predicted molar refractivity (Wildman–Crippen MR) is 92.2 cm³/mol. The van der Waals surface area contributed by atoms with Crippen LogP contribution in [0.2, 0.25) is 0 Å². The van der Waals surface area contributed by atoms with Crippen LogP contribution in [0.25, 0.3) is 0 Å². The first-order valence-corrected chi connectivity index (χ1v) is 8.44. The van der Waals surface area contributed by atoms with E-state index in [9.17, 15) is 4.79 Å². The molecule has 24 heavy (non-hydrogen) atoms. The molecule has 1 aliphatic heterocycles. The van der Waals surface area contributed by atoms with Gasteiger partial charge in [0.25, 0.3) is 0 Å². The van der Waals surface area contributed by atoms with Gasteiger partial charge < -0.3 is 14.8 Å². The van der Waals surface area contributed by atoms with Crippen molar-refractivity contribution in [2.45, 2.75) is 32.9 Å². The molecule has 0 radical (unpaired) electrons. The Morgan fingerprint density at radius 2 is 2.12 bits per heavy atom. The van der Waals surface area contributed by atoms with Crippen molar-refractivity contribution in [2.75, 3.05) is 20.1 Å². The molecule has 0 bridgehead atoms. The minimum Gasteiger partial charge on any atom is -0.348 e. The predicted octanol–water partition coefficient (Wildman–Crippen LogP) is 1.48. The van der Waals surface area contributed by atoms with Gasteiger partial charge in [-0.1, -0.05) is 30.3 Å². The fourth-order valence-corrected chi connectivity index (χ4v) is 3.25. The molecule has 128 valence electrons. The summed E-state index contributed by atoms with van der Waals surface area (Å²) in [4.78, 5) is 14.7. The lowest BCUT2D eigenvalue weighted by atomic mass is 9.89. The van der Waals surface area contributed by atoms with Crippen molar-refractivity contribution in [1.29, 1.82) is 0 Å². The highest BCUT2D eigenvalue weighted by molar-refractivity contribution is 5.82. The third-order valence-corrected chi connectivity index (χ3v) is 4.80. The number of carbonyl (C=O) groups excluding carboxylic acids is 1. The second kappa shape index (κ2) is 7.13. The van der Waals surface area contributed by atoms with Crippen LogP contribution in [0.1, 0.15) is 24.7 Å². The molecule has 3 rings (SSSR count). The van der Waals surface area contributed by atoms with E-state index in [4.69, 9.17) is 0 Å². The maximum Gasteiger partial charge on any atom is 0.227 e. The zero-order chi connectivity index (χ0) is 17.0. The molecule has 0 aliphatic carbocycles. The summed E-state index contributed by atoms with van der Waals surface area (Å²) in [5.74, 6) is 0.902. The number of nitrogens with one attached hydrogen (secondary N) is 1. The lowest BCUT2D eigenvalue weighted by molar-refractivity contribution is -0.129. The van der Waals surface area contributed by atoms with E-state index in [1.807, 2.05) is 29.7 Å². The molecule has 2 heterocycles. The maximum atomic E-state index is 12.5. The van der Waals surface area contributed by atoms with E-state index in [1.54, 1.807) is 6.33 Å². The third-order valence-electron chi connectivity index (χ3n) is 4.80. The molecule has 1 atom stereocenters. The molecule has 6 nitrogen and oxygen atoms in total. The number of amides is 1. The first kappa shape index (κ1) is 16.6. The van der Waals surface area contributed by atoms with Gasteiger partial charge in [0, 0.05) is 13.1 Å². The second-order valence-electron chi connectivity index (χ2n) is 6.91. The molecule has 1 aromatic carbocycles. The second-order valence-corrected chi connectivity index (χ2v) is 6.91. The highest BCUT2D eigenvalue weighted by atomic mass is 16.2. The number of aromatic nitrogens is 3. The molecule has 2 aromatic rings. The van der Waals surface area contributed by atoms with Crippen LogP contribution >= 0.6 is 0 Å². The van der Waals surface area contributed by atoms with Crippen LogP contribution < -0.4 is 5.32 Å². The fourth-order valence-electron chi connectivity index (χ4n) is 3.25.